The van der Waals surface area contributed by atoms with Gasteiger partial charge >= 0.3 is 0 Å². The van der Waals surface area contributed by atoms with E-state index in [1.165, 1.54) is 12.1 Å². The van der Waals surface area contributed by atoms with Gasteiger partial charge in [0.05, 0.1) is 11.5 Å². The Morgan fingerprint density at radius 3 is 2.52 bits per heavy atom. The van der Waals surface area contributed by atoms with Gasteiger partial charge < -0.3 is 15.0 Å². The van der Waals surface area contributed by atoms with Crippen molar-refractivity contribution in [2.45, 2.75) is 20.4 Å². The summed E-state index contributed by atoms with van der Waals surface area (Å²) in [5, 5.41) is 13.8. The molecule has 7 nitrogen and oxygen atoms in total. The SMILES string of the molecule is COCC[NH+](CC(=O)Nc1cccc(C)c1C)Cc1ccc([N+](=O)[O-])cc1. The van der Waals surface area contributed by atoms with Crippen molar-refractivity contribution in [3.8, 4) is 0 Å². The first-order valence-electron chi connectivity index (χ1n) is 8.82. The number of nitrogens with one attached hydrogen (secondary N) is 2. The fourth-order valence-corrected chi connectivity index (χ4v) is 2.82. The topological polar surface area (TPSA) is 85.9 Å². The van der Waals surface area contributed by atoms with Crippen molar-refractivity contribution in [1.82, 2.24) is 0 Å². The van der Waals surface area contributed by atoms with E-state index in [9.17, 15) is 14.9 Å². The van der Waals surface area contributed by atoms with Gasteiger partial charge in [-0.05, 0) is 43.2 Å². The van der Waals surface area contributed by atoms with E-state index in [1.807, 2.05) is 32.0 Å². The highest BCUT2D eigenvalue weighted by molar-refractivity contribution is 5.92. The molecule has 2 aromatic rings. The van der Waals surface area contributed by atoms with Crippen LogP contribution in [0.25, 0.3) is 0 Å². The average Bonchev–Trinajstić information content (AvgIpc) is 2.64. The fourth-order valence-electron chi connectivity index (χ4n) is 2.82. The highest BCUT2D eigenvalue weighted by Crippen LogP contribution is 2.17. The van der Waals surface area contributed by atoms with Crippen molar-refractivity contribution in [3.63, 3.8) is 0 Å². The second kappa shape index (κ2) is 9.80. The van der Waals surface area contributed by atoms with E-state index >= 15 is 0 Å². The molecule has 0 radical (unpaired) electrons. The highest BCUT2D eigenvalue weighted by Gasteiger charge is 2.16. The van der Waals surface area contributed by atoms with Gasteiger partial charge in [-0.25, -0.2) is 0 Å². The average molecular weight is 372 g/mol. The molecule has 0 fully saturated rings. The Labute approximate surface area is 159 Å². The summed E-state index contributed by atoms with van der Waals surface area (Å²) in [4.78, 5) is 23.9. The summed E-state index contributed by atoms with van der Waals surface area (Å²) in [6.45, 7) is 6.05. The van der Waals surface area contributed by atoms with Crippen molar-refractivity contribution in [2.75, 3.05) is 32.1 Å². The number of nitro benzene ring substituents is 1. The van der Waals surface area contributed by atoms with Crippen molar-refractivity contribution in [1.29, 1.82) is 0 Å². The maximum absolute atomic E-state index is 12.5. The zero-order valence-electron chi connectivity index (χ0n) is 16.0. The first-order valence-corrected chi connectivity index (χ1v) is 8.82. The van der Waals surface area contributed by atoms with E-state index in [-0.39, 0.29) is 18.1 Å². The van der Waals surface area contributed by atoms with E-state index in [0.717, 1.165) is 27.3 Å². The molecule has 0 saturated carbocycles. The number of non-ortho nitro benzene ring substituents is 1. The Balaban J connectivity index is 2.03. The van der Waals surface area contributed by atoms with Gasteiger partial charge in [-0.3, -0.25) is 14.9 Å². The Kier molecular flexibility index (Phi) is 7.45. The molecule has 1 amide bonds. The lowest BCUT2D eigenvalue weighted by atomic mass is 10.1. The normalized spacial score (nSPS) is 11.8. The Hall–Kier alpha value is -2.77. The summed E-state index contributed by atoms with van der Waals surface area (Å²) in [6, 6.07) is 12.3. The molecule has 1 atom stereocenters. The second-order valence-electron chi connectivity index (χ2n) is 6.57. The molecule has 0 bridgehead atoms. The van der Waals surface area contributed by atoms with Gasteiger partial charge in [0.25, 0.3) is 11.6 Å². The van der Waals surface area contributed by atoms with Gasteiger partial charge in [-0.15, -0.1) is 0 Å². The van der Waals surface area contributed by atoms with Crippen molar-refractivity contribution in [2.24, 2.45) is 0 Å². The summed E-state index contributed by atoms with van der Waals surface area (Å²) >= 11 is 0. The number of anilines is 1. The summed E-state index contributed by atoms with van der Waals surface area (Å²) in [7, 11) is 1.62. The van der Waals surface area contributed by atoms with E-state index in [1.54, 1.807) is 19.2 Å². The molecule has 0 aromatic heterocycles. The molecule has 0 aliphatic carbocycles. The van der Waals surface area contributed by atoms with Gasteiger partial charge in [0, 0.05) is 30.5 Å². The number of hydrogen-bond donors (Lipinski definition) is 2. The maximum atomic E-state index is 12.5. The van der Waals surface area contributed by atoms with E-state index in [4.69, 9.17) is 4.74 Å². The summed E-state index contributed by atoms with van der Waals surface area (Å²) in [5.41, 5.74) is 4.00. The summed E-state index contributed by atoms with van der Waals surface area (Å²) in [6.07, 6.45) is 0. The molecular weight excluding hydrogens is 346 g/mol. The lowest BCUT2D eigenvalue weighted by Crippen LogP contribution is -3.12. The highest BCUT2D eigenvalue weighted by atomic mass is 16.6. The number of hydrogen-bond acceptors (Lipinski definition) is 4. The monoisotopic (exact) mass is 372 g/mol. The van der Waals surface area contributed by atoms with Gasteiger partial charge in [0.15, 0.2) is 6.54 Å². The van der Waals surface area contributed by atoms with Crippen LogP contribution in [0.15, 0.2) is 42.5 Å². The van der Waals surface area contributed by atoms with Gasteiger partial charge in [-0.2, -0.15) is 0 Å². The molecule has 0 aliphatic rings. The lowest BCUT2D eigenvalue weighted by Gasteiger charge is -2.19. The molecule has 0 saturated heterocycles. The number of nitro groups is 1. The van der Waals surface area contributed by atoms with Crippen molar-refractivity contribution < 1.29 is 19.4 Å². The molecule has 7 heteroatoms. The Morgan fingerprint density at radius 1 is 1.19 bits per heavy atom. The molecule has 0 aliphatic heterocycles. The Bertz CT molecular complexity index is 790. The largest absolute Gasteiger partial charge is 0.379 e. The van der Waals surface area contributed by atoms with Crippen LogP contribution in [-0.4, -0.2) is 37.6 Å². The molecule has 144 valence electrons. The minimum atomic E-state index is -0.420. The number of carbonyl (C=O) groups excluding carboxylic acids is 1. The Morgan fingerprint density at radius 2 is 1.89 bits per heavy atom. The predicted octanol–water partition coefficient (Wildman–Crippen LogP) is 1.88. The number of carbonyl (C=O) groups is 1. The third-order valence-electron chi connectivity index (χ3n) is 4.55. The first kappa shape index (κ1) is 20.5. The fraction of sp³-hybridized carbons (Fsp3) is 0.350. The van der Waals surface area contributed by atoms with Crippen LogP contribution in [0, 0.1) is 24.0 Å². The molecule has 1 unspecified atom stereocenters. The van der Waals surface area contributed by atoms with Crippen LogP contribution in [0.2, 0.25) is 0 Å². The van der Waals surface area contributed by atoms with Crippen molar-refractivity contribution >= 4 is 17.3 Å². The van der Waals surface area contributed by atoms with Crippen LogP contribution in [0.3, 0.4) is 0 Å². The molecule has 2 aromatic carbocycles. The van der Waals surface area contributed by atoms with Gasteiger partial charge in [-0.1, -0.05) is 12.1 Å². The third kappa shape index (κ3) is 6.16. The van der Waals surface area contributed by atoms with E-state index < -0.39 is 4.92 Å². The number of nitrogens with zero attached hydrogens (tertiary/aromatic N) is 1. The summed E-state index contributed by atoms with van der Waals surface area (Å²) < 4.78 is 5.15. The predicted molar refractivity (Wildman–Crippen MR) is 104 cm³/mol. The number of aryl methyl sites for hydroxylation is 1. The van der Waals surface area contributed by atoms with Crippen LogP contribution in [0.5, 0.6) is 0 Å². The summed E-state index contributed by atoms with van der Waals surface area (Å²) in [5.74, 6) is -0.0725. The lowest BCUT2D eigenvalue weighted by molar-refractivity contribution is -0.906. The molecule has 27 heavy (non-hydrogen) atoms. The minimum absolute atomic E-state index is 0.0601. The van der Waals surface area contributed by atoms with E-state index in [0.29, 0.717) is 19.7 Å². The van der Waals surface area contributed by atoms with Crippen molar-refractivity contribution in [3.05, 3.63) is 69.3 Å². The standard InChI is InChI=1S/C20H25N3O4/c1-15-5-4-6-19(16(15)2)21-20(24)14-22(11-12-27-3)13-17-7-9-18(10-8-17)23(25)26/h4-10H,11-14H2,1-3H3,(H,21,24)/p+1. The van der Waals surface area contributed by atoms with E-state index in [2.05, 4.69) is 5.32 Å². The number of amides is 1. The second-order valence-corrected chi connectivity index (χ2v) is 6.57. The molecule has 2 N–H and O–H groups in total. The zero-order chi connectivity index (χ0) is 19.8. The van der Waals surface area contributed by atoms with Crippen LogP contribution >= 0.6 is 0 Å². The molecule has 0 spiro atoms. The number of methoxy groups -OCH3 is 1. The molecular formula is C20H26N3O4+. The van der Waals surface area contributed by atoms with Gasteiger partial charge in [0.1, 0.15) is 13.1 Å². The van der Waals surface area contributed by atoms with Crippen LogP contribution in [0.1, 0.15) is 16.7 Å². The quantitative estimate of drug-likeness (QED) is 0.520. The van der Waals surface area contributed by atoms with Crippen LogP contribution < -0.4 is 10.2 Å². The smallest absolute Gasteiger partial charge is 0.279 e. The molecule has 0 heterocycles. The van der Waals surface area contributed by atoms with Crippen LogP contribution in [0.4, 0.5) is 11.4 Å². The third-order valence-corrected chi connectivity index (χ3v) is 4.55. The number of rotatable bonds is 9. The minimum Gasteiger partial charge on any atom is -0.379 e. The maximum Gasteiger partial charge on any atom is 0.279 e. The zero-order valence-corrected chi connectivity index (χ0v) is 16.0. The van der Waals surface area contributed by atoms with Crippen LogP contribution in [-0.2, 0) is 16.1 Å². The number of ether oxygens (including phenoxy) is 1. The number of benzene rings is 2. The number of quaternary nitrogens is 1. The first-order chi connectivity index (χ1) is 12.9. The molecule has 2 rings (SSSR count). The van der Waals surface area contributed by atoms with Gasteiger partial charge in [0.2, 0.25) is 0 Å².